The van der Waals surface area contributed by atoms with Crippen molar-refractivity contribution >= 4 is 17.9 Å². The molecule has 24 heavy (non-hydrogen) atoms. The smallest absolute Gasteiger partial charge is 0.270 e. The SMILES string of the molecule is C[C@@H](Oc1ccc([N+](=O)[O-])cc1C=O)C(=O)NC1CCCCCC1. The maximum Gasteiger partial charge on any atom is 0.270 e. The van der Waals surface area contributed by atoms with E-state index in [1.165, 1.54) is 25.0 Å². The number of non-ortho nitro benzene ring substituents is 1. The molecule has 1 amide bonds. The molecule has 0 heterocycles. The van der Waals surface area contributed by atoms with Crippen LogP contribution < -0.4 is 10.1 Å². The second kappa shape index (κ2) is 8.42. The van der Waals surface area contributed by atoms with Gasteiger partial charge in [-0.1, -0.05) is 25.7 Å². The van der Waals surface area contributed by atoms with Gasteiger partial charge in [-0.15, -0.1) is 0 Å². The minimum Gasteiger partial charge on any atom is -0.480 e. The van der Waals surface area contributed by atoms with E-state index in [1.54, 1.807) is 6.92 Å². The van der Waals surface area contributed by atoms with Crippen LogP contribution in [0, 0.1) is 10.1 Å². The summed E-state index contributed by atoms with van der Waals surface area (Å²) in [6.07, 6.45) is 6.25. The maximum atomic E-state index is 12.3. The minimum atomic E-state index is -0.784. The third-order valence-corrected chi connectivity index (χ3v) is 4.21. The molecule has 0 unspecified atom stereocenters. The highest BCUT2D eigenvalue weighted by molar-refractivity contribution is 5.83. The van der Waals surface area contributed by atoms with Crippen molar-refractivity contribution < 1.29 is 19.2 Å². The van der Waals surface area contributed by atoms with Gasteiger partial charge in [-0.3, -0.25) is 19.7 Å². The Labute approximate surface area is 140 Å². The van der Waals surface area contributed by atoms with Gasteiger partial charge in [0.2, 0.25) is 0 Å². The lowest BCUT2D eigenvalue weighted by Crippen LogP contribution is -2.42. The average molecular weight is 334 g/mol. The van der Waals surface area contributed by atoms with Crippen LogP contribution in [-0.4, -0.2) is 29.3 Å². The van der Waals surface area contributed by atoms with Crippen LogP contribution in [0.2, 0.25) is 0 Å². The summed E-state index contributed by atoms with van der Waals surface area (Å²) in [4.78, 5) is 33.5. The van der Waals surface area contributed by atoms with Gasteiger partial charge in [0.25, 0.3) is 11.6 Å². The molecule has 2 rings (SSSR count). The van der Waals surface area contributed by atoms with Crippen LogP contribution in [0.1, 0.15) is 55.8 Å². The van der Waals surface area contributed by atoms with Crippen LogP contribution >= 0.6 is 0 Å². The molecule has 0 aliphatic heterocycles. The van der Waals surface area contributed by atoms with Gasteiger partial charge < -0.3 is 10.1 Å². The molecule has 1 aliphatic carbocycles. The number of nitrogens with zero attached hydrogens (tertiary/aromatic N) is 1. The lowest BCUT2D eigenvalue weighted by molar-refractivity contribution is -0.384. The standard InChI is InChI=1S/C17H22N2O5/c1-12(17(21)18-14-6-4-2-3-5-7-14)24-16-9-8-15(19(22)23)10-13(16)11-20/h8-12,14H,2-7H2,1H3,(H,18,21)/t12-/m1/s1. The molecule has 130 valence electrons. The summed E-state index contributed by atoms with van der Waals surface area (Å²) in [6.45, 7) is 1.60. The van der Waals surface area contributed by atoms with E-state index in [4.69, 9.17) is 4.74 Å². The Hall–Kier alpha value is -2.44. The fraction of sp³-hybridized carbons (Fsp3) is 0.529. The zero-order valence-electron chi connectivity index (χ0n) is 13.7. The highest BCUT2D eigenvalue weighted by Crippen LogP contribution is 2.24. The molecular weight excluding hydrogens is 312 g/mol. The van der Waals surface area contributed by atoms with Crippen molar-refractivity contribution in [2.45, 2.75) is 57.6 Å². The number of hydrogen-bond donors (Lipinski definition) is 1. The Balaban J connectivity index is 2.00. The van der Waals surface area contributed by atoms with Crippen molar-refractivity contribution in [3.63, 3.8) is 0 Å². The van der Waals surface area contributed by atoms with Gasteiger partial charge in [0.1, 0.15) is 5.75 Å². The first kappa shape index (κ1) is 17.9. The van der Waals surface area contributed by atoms with E-state index in [1.807, 2.05) is 0 Å². The molecule has 0 bridgehead atoms. The molecule has 0 spiro atoms. The van der Waals surface area contributed by atoms with Crippen molar-refractivity contribution in [2.75, 3.05) is 0 Å². The van der Waals surface area contributed by atoms with Crippen LogP contribution in [0.5, 0.6) is 5.75 Å². The minimum absolute atomic E-state index is 0.0540. The quantitative estimate of drug-likeness (QED) is 0.373. The van der Waals surface area contributed by atoms with E-state index in [2.05, 4.69) is 5.32 Å². The Bertz CT molecular complexity index is 609. The first-order valence-corrected chi connectivity index (χ1v) is 8.22. The van der Waals surface area contributed by atoms with Crippen LogP contribution in [0.25, 0.3) is 0 Å². The Morgan fingerprint density at radius 1 is 1.33 bits per heavy atom. The number of hydrogen-bond acceptors (Lipinski definition) is 5. The first-order valence-electron chi connectivity index (χ1n) is 8.22. The van der Waals surface area contributed by atoms with Gasteiger partial charge in [-0.2, -0.15) is 0 Å². The number of carbonyl (C=O) groups is 2. The van der Waals surface area contributed by atoms with Crippen molar-refractivity contribution in [1.82, 2.24) is 5.32 Å². The van der Waals surface area contributed by atoms with Gasteiger partial charge in [-0.25, -0.2) is 0 Å². The van der Waals surface area contributed by atoms with E-state index >= 15 is 0 Å². The number of amides is 1. The van der Waals surface area contributed by atoms with Gasteiger partial charge in [-0.05, 0) is 25.8 Å². The number of nitro benzene ring substituents is 1. The lowest BCUT2D eigenvalue weighted by atomic mass is 10.1. The van der Waals surface area contributed by atoms with Crippen LogP contribution in [0.15, 0.2) is 18.2 Å². The fourth-order valence-electron chi connectivity index (χ4n) is 2.84. The summed E-state index contributed by atoms with van der Waals surface area (Å²) in [7, 11) is 0. The van der Waals surface area contributed by atoms with E-state index in [-0.39, 0.29) is 28.9 Å². The Morgan fingerprint density at radius 3 is 2.58 bits per heavy atom. The number of aldehydes is 1. The van der Waals surface area contributed by atoms with Gasteiger partial charge in [0.05, 0.1) is 10.5 Å². The summed E-state index contributed by atoms with van der Waals surface area (Å²) < 4.78 is 5.54. The van der Waals surface area contributed by atoms with Crippen LogP contribution in [-0.2, 0) is 4.79 Å². The van der Waals surface area contributed by atoms with Crippen LogP contribution in [0.3, 0.4) is 0 Å². The van der Waals surface area contributed by atoms with E-state index < -0.39 is 11.0 Å². The highest BCUT2D eigenvalue weighted by Gasteiger charge is 2.21. The summed E-state index contributed by atoms with van der Waals surface area (Å²) in [5.74, 6) is -0.0729. The third kappa shape index (κ3) is 4.78. The van der Waals surface area contributed by atoms with E-state index in [9.17, 15) is 19.7 Å². The number of carbonyl (C=O) groups excluding carboxylic acids is 2. The van der Waals surface area contributed by atoms with E-state index in [0.717, 1.165) is 31.7 Å². The Morgan fingerprint density at radius 2 is 2.00 bits per heavy atom. The second-order valence-electron chi connectivity index (χ2n) is 6.05. The third-order valence-electron chi connectivity index (χ3n) is 4.21. The van der Waals surface area contributed by atoms with Crippen molar-refractivity contribution in [2.24, 2.45) is 0 Å². The molecule has 1 aromatic rings. The van der Waals surface area contributed by atoms with Gasteiger partial charge >= 0.3 is 0 Å². The molecule has 7 nitrogen and oxygen atoms in total. The van der Waals surface area contributed by atoms with Crippen molar-refractivity contribution in [3.8, 4) is 5.75 Å². The molecule has 1 aromatic carbocycles. The second-order valence-corrected chi connectivity index (χ2v) is 6.05. The zero-order chi connectivity index (χ0) is 17.5. The average Bonchev–Trinajstić information content (AvgIpc) is 2.83. The summed E-state index contributed by atoms with van der Waals surface area (Å²) in [5, 5.41) is 13.7. The lowest BCUT2D eigenvalue weighted by Gasteiger charge is -2.20. The van der Waals surface area contributed by atoms with Crippen molar-refractivity contribution in [1.29, 1.82) is 0 Å². The molecule has 1 aliphatic rings. The number of ether oxygens (including phenoxy) is 1. The number of benzene rings is 1. The normalized spacial score (nSPS) is 16.7. The topological polar surface area (TPSA) is 98.5 Å². The molecule has 1 saturated carbocycles. The predicted octanol–water partition coefficient (Wildman–Crippen LogP) is 3.01. The number of rotatable bonds is 6. The molecule has 1 atom stereocenters. The van der Waals surface area contributed by atoms with Crippen LogP contribution in [0.4, 0.5) is 5.69 Å². The summed E-state index contributed by atoms with van der Waals surface area (Å²) in [6, 6.07) is 3.89. The molecule has 0 radical (unpaired) electrons. The Kier molecular flexibility index (Phi) is 6.28. The molecule has 1 fully saturated rings. The number of nitrogens with one attached hydrogen (secondary N) is 1. The largest absolute Gasteiger partial charge is 0.480 e. The molecule has 0 saturated heterocycles. The van der Waals surface area contributed by atoms with Crippen molar-refractivity contribution in [3.05, 3.63) is 33.9 Å². The maximum absolute atomic E-state index is 12.3. The van der Waals surface area contributed by atoms with Gasteiger partial charge in [0, 0.05) is 18.2 Å². The summed E-state index contributed by atoms with van der Waals surface area (Å²) in [5.41, 5.74) is -0.140. The summed E-state index contributed by atoms with van der Waals surface area (Å²) >= 11 is 0. The monoisotopic (exact) mass is 334 g/mol. The predicted molar refractivity (Wildman–Crippen MR) is 88.2 cm³/mol. The highest BCUT2D eigenvalue weighted by atomic mass is 16.6. The molecular formula is C17H22N2O5. The molecule has 7 heteroatoms. The van der Waals surface area contributed by atoms with E-state index in [0.29, 0.717) is 6.29 Å². The van der Waals surface area contributed by atoms with Gasteiger partial charge in [0.15, 0.2) is 12.4 Å². The molecule has 0 aromatic heterocycles. The first-order chi connectivity index (χ1) is 11.5. The number of nitro groups is 1. The zero-order valence-corrected chi connectivity index (χ0v) is 13.7. The molecule has 1 N–H and O–H groups in total. The fourth-order valence-corrected chi connectivity index (χ4v) is 2.84.